The first-order chi connectivity index (χ1) is 16.3. The van der Waals surface area contributed by atoms with Crippen LogP contribution < -0.4 is 14.8 Å². The van der Waals surface area contributed by atoms with Gasteiger partial charge < -0.3 is 19.7 Å². The zero-order chi connectivity index (χ0) is 24.6. The van der Waals surface area contributed by atoms with E-state index < -0.39 is 10.0 Å². The van der Waals surface area contributed by atoms with Crippen molar-refractivity contribution < 1.29 is 27.5 Å². The van der Waals surface area contributed by atoms with E-state index in [0.717, 1.165) is 6.42 Å². The van der Waals surface area contributed by atoms with Crippen molar-refractivity contribution in [3.63, 3.8) is 0 Å². The highest BCUT2D eigenvalue weighted by atomic mass is 32.2. The molecule has 1 saturated heterocycles. The standard InChI is InChI=1S/C24H31N3O6S/c1-32-17-3-14-25-23(28)18-12-15-27(16-13-18)24(29)19-4-10-22(11-5-19)34(30,31)26-20-6-8-21(33-2)9-7-20/h4-11,18,26H,3,12-17H2,1-2H3,(H,25,28). The van der Waals surface area contributed by atoms with Gasteiger partial charge in [0.2, 0.25) is 5.91 Å². The van der Waals surface area contributed by atoms with E-state index in [-0.39, 0.29) is 22.6 Å². The van der Waals surface area contributed by atoms with Crippen LogP contribution in [0.1, 0.15) is 29.6 Å². The van der Waals surface area contributed by atoms with Gasteiger partial charge in [0.25, 0.3) is 15.9 Å². The fourth-order valence-electron chi connectivity index (χ4n) is 3.75. The summed E-state index contributed by atoms with van der Waals surface area (Å²) in [4.78, 5) is 26.9. The average Bonchev–Trinajstić information content (AvgIpc) is 2.86. The molecular weight excluding hydrogens is 458 g/mol. The molecule has 2 amide bonds. The summed E-state index contributed by atoms with van der Waals surface area (Å²) in [6.07, 6.45) is 1.96. The molecule has 1 heterocycles. The molecule has 3 rings (SSSR count). The summed E-state index contributed by atoms with van der Waals surface area (Å²) in [6, 6.07) is 12.4. The molecule has 1 fully saturated rings. The second kappa shape index (κ2) is 11.8. The number of carbonyl (C=O) groups excluding carboxylic acids is 2. The Labute approximate surface area is 200 Å². The minimum absolute atomic E-state index is 0.0159. The second-order valence-corrected chi connectivity index (χ2v) is 9.74. The van der Waals surface area contributed by atoms with Crippen LogP contribution in [-0.4, -0.2) is 65.6 Å². The Balaban J connectivity index is 1.54. The van der Waals surface area contributed by atoms with Gasteiger partial charge in [0, 0.05) is 50.5 Å². The Morgan fingerprint density at radius 3 is 2.24 bits per heavy atom. The monoisotopic (exact) mass is 489 g/mol. The summed E-state index contributed by atoms with van der Waals surface area (Å²) in [6.45, 7) is 2.14. The van der Waals surface area contributed by atoms with Crippen LogP contribution in [0.4, 0.5) is 5.69 Å². The Hall–Kier alpha value is -3.11. The molecule has 9 nitrogen and oxygen atoms in total. The van der Waals surface area contributed by atoms with E-state index >= 15 is 0 Å². The van der Waals surface area contributed by atoms with Crippen molar-refractivity contribution in [3.05, 3.63) is 54.1 Å². The lowest BCUT2D eigenvalue weighted by Crippen LogP contribution is -2.43. The first-order valence-corrected chi connectivity index (χ1v) is 12.6. The highest BCUT2D eigenvalue weighted by molar-refractivity contribution is 7.92. The first kappa shape index (κ1) is 25.5. The molecule has 1 aliphatic rings. The van der Waals surface area contributed by atoms with Crippen molar-refractivity contribution in [2.24, 2.45) is 5.92 Å². The predicted octanol–water partition coefficient (Wildman–Crippen LogP) is 2.50. The van der Waals surface area contributed by atoms with E-state index in [4.69, 9.17) is 9.47 Å². The SMILES string of the molecule is COCCCNC(=O)C1CCN(C(=O)c2ccc(S(=O)(=O)Nc3ccc(OC)cc3)cc2)CC1. The number of nitrogens with one attached hydrogen (secondary N) is 2. The molecule has 0 aliphatic carbocycles. The molecule has 1 aliphatic heterocycles. The van der Waals surface area contributed by atoms with Gasteiger partial charge in [0.1, 0.15) is 5.75 Å². The molecule has 2 aromatic rings. The van der Waals surface area contributed by atoms with Gasteiger partial charge in [-0.3, -0.25) is 14.3 Å². The number of sulfonamides is 1. The zero-order valence-electron chi connectivity index (χ0n) is 19.5. The van der Waals surface area contributed by atoms with Crippen molar-refractivity contribution in [3.8, 4) is 5.75 Å². The van der Waals surface area contributed by atoms with Gasteiger partial charge in [0.05, 0.1) is 12.0 Å². The van der Waals surface area contributed by atoms with Crippen molar-refractivity contribution in [1.82, 2.24) is 10.2 Å². The molecule has 0 radical (unpaired) electrons. The molecule has 0 unspecified atom stereocenters. The van der Waals surface area contributed by atoms with E-state index in [1.54, 1.807) is 36.3 Å². The van der Waals surface area contributed by atoms with Gasteiger partial charge in [-0.15, -0.1) is 0 Å². The van der Waals surface area contributed by atoms with Gasteiger partial charge in [-0.05, 0) is 67.8 Å². The maximum atomic E-state index is 12.9. The third kappa shape index (κ3) is 6.71. The molecule has 2 N–H and O–H groups in total. The van der Waals surface area contributed by atoms with Crippen molar-refractivity contribution >= 4 is 27.5 Å². The number of hydrogen-bond donors (Lipinski definition) is 2. The molecule has 0 bridgehead atoms. The number of piperidine rings is 1. The van der Waals surface area contributed by atoms with Gasteiger partial charge in [0.15, 0.2) is 0 Å². The van der Waals surface area contributed by atoms with E-state index in [1.165, 1.54) is 31.4 Å². The lowest BCUT2D eigenvalue weighted by Gasteiger charge is -2.31. The molecule has 184 valence electrons. The summed E-state index contributed by atoms with van der Waals surface area (Å²) in [5, 5.41) is 2.91. The van der Waals surface area contributed by atoms with Gasteiger partial charge >= 0.3 is 0 Å². The van der Waals surface area contributed by atoms with Crippen LogP contribution >= 0.6 is 0 Å². The number of rotatable bonds is 10. The lowest BCUT2D eigenvalue weighted by atomic mass is 9.95. The van der Waals surface area contributed by atoms with E-state index in [9.17, 15) is 18.0 Å². The highest BCUT2D eigenvalue weighted by Crippen LogP contribution is 2.22. The lowest BCUT2D eigenvalue weighted by molar-refractivity contribution is -0.126. The fourth-order valence-corrected chi connectivity index (χ4v) is 4.81. The smallest absolute Gasteiger partial charge is 0.261 e. The van der Waals surface area contributed by atoms with E-state index in [1.807, 2.05) is 0 Å². The van der Waals surface area contributed by atoms with Gasteiger partial charge in [-0.1, -0.05) is 0 Å². The van der Waals surface area contributed by atoms with Crippen molar-refractivity contribution in [2.45, 2.75) is 24.2 Å². The van der Waals surface area contributed by atoms with E-state index in [2.05, 4.69) is 10.0 Å². The number of anilines is 1. The fraction of sp³-hybridized carbons (Fsp3) is 0.417. The summed E-state index contributed by atoms with van der Waals surface area (Å²) < 4.78 is 37.9. The number of carbonyl (C=O) groups is 2. The first-order valence-electron chi connectivity index (χ1n) is 11.2. The minimum Gasteiger partial charge on any atom is -0.497 e. The second-order valence-electron chi connectivity index (χ2n) is 8.06. The number of ether oxygens (including phenoxy) is 2. The van der Waals surface area contributed by atoms with Gasteiger partial charge in [-0.25, -0.2) is 8.42 Å². The number of benzene rings is 2. The molecule has 0 aromatic heterocycles. The molecule has 0 atom stereocenters. The predicted molar refractivity (Wildman–Crippen MR) is 128 cm³/mol. The third-order valence-corrected chi connectivity index (χ3v) is 7.13. The summed E-state index contributed by atoms with van der Waals surface area (Å²) in [7, 11) is -0.637. The largest absolute Gasteiger partial charge is 0.497 e. The number of nitrogens with zero attached hydrogens (tertiary/aromatic N) is 1. The minimum atomic E-state index is -3.80. The van der Waals surface area contributed by atoms with Crippen LogP contribution in [0.15, 0.2) is 53.4 Å². The normalized spacial score (nSPS) is 14.5. The Bertz CT molecular complexity index is 1060. The Kier molecular flexibility index (Phi) is 8.89. The molecular formula is C24H31N3O6S. The summed E-state index contributed by atoms with van der Waals surface area (Å²) in [5.41, 5.74) is 0.817. The zero-order valence-corrected chi connectivity index (χ0v) is 20.3. The van der Waals surface area contributed by atoms with Crippen molar-refractivity contribution in [1.29, 1.82) is 0 Å². The molecule has 2 aromatic carbocycles. The molecule has 10 heteroatoms. The maximum Gasteiger partial charge on any atom is 0.261 e. The summed E-state index contributed by atoms with van der Waals surface area (Å²) in [5.74, 6) is 0.355. The third-order valence-electron chi connectivity index (χ3n) is 5.73. The highest BCUT2D eigenvalue weighted by Gasteiger charge is 2.28. The van der Waals surface area contributed by atoms with Gasteiger partial charge in [-0.2, -0.15) is 0 Å². The number of methoxy groups -OCH3 is 2. The van der Waals surface area contributed by atoms with Crippen LogP contribution in [0.3, 0.4) is 0 Å². The quantitative estimate of drug-likeness (QED) is 0.496. The number of hydrogen-bond acceptors (Lipinski definition) is 6. The van der Waals surface area contributed by atoms with Crippen LogP contribution in [0.25, 0.3) is 0 Å². The number of amides is 2. The number of likely N-dealkylation sites (tertiary alicyclic amines) is 1. The van der Waals surface area contributed by atoms with E-state index in [0.29, 0.717) is 56.1 Å². The van der Waals surface area contributed by atoms with Crippen LogP contribution in [0.2, 0.25) is 0 Å². The molecule has 0 saturated carbocycles. The molecule has 34 heavy (non-hydrogen) atoms. The Morgan fingerprint density at radius 1 is 1.00 bits per heavy atom. The van der Waals surface area contributed by atoms with Crippen molar-refractivity contribution in [2.75, 3.05) is 45.2 Å². The Morgan fingerprint density at radius 2 is 1.65 bits per heavy atom. The maximum absolute atomic E-state index is 12.9. The summed E-state index contributed by atoms with van der Waals surface area (Å²) >= 11 is 0. The molecule has 0 spiro atoms. The average molecular weight is 490 g/mol. The van der Waals surface area contributed by atoms with Crippen LogP contribution in [0, 0.1) is 5.92 Å². The van der Waals surface area contributed by atoms with Crippen LogP contribution in [0.5, 0.6) is 5.75 Å². The topological polar surface area (TPSA) is 114 Å². The van der Waals surface area contributed by atoms with Crippen LogP contribution in [-0.2, 0) is 19.6 Å².